The van der Waals surface area contributed by atoms with Gasteiger partial charge in [-0.2, -0.15) is 0 Å². The SMILES string of the molecule is CCCCNC(=O)[C@H](C)N(Cc1cccc(C)c1)C(=O)CN(c1ccc(C)cc1)S(=O)(=O)c1ccc(OC)c(Br)c1. The van der Waals surface area contributed by atoms with Gasteiger partial charge in [-0.25, -0.2) is 8.42 Å². The largest absolute Gasteiger partial charge is 0.496 e. The summed E-state index contributed by atoms with van der Waals surface area (Å²) in [4.78, 5) is 28.5. The molecule has 220 valence electrons. The molecule has 0 fully saturated rings. The quantitative estimate of drug-likeness (QED) is 0.245. The number of unbranched alkanes of at least 4 members (excludes halogenated alkanes) is 1. The molecule has 0 saturated heterocycles. The van der Waals surface area contributed by atoms with Gasteiger partial charge in [-0.15, -0.1) is 0 Å². The van der Waals surface area contributed by atoms with Gasteiger partial charge in [0.15, 0.2) is 0 Å². The monoisotopic (exact) mass is 643 g/mol. The van der Waals surface area contributed by atoms with Crippen LogP contribution in [0.1, 0.15) is 43.4 Å². The Morgan fingerprint density at radius 2 is 1.71 bits per heavy atom. The molecule has 3 rings (SSSR count). The van der Waals surface area contributed by atoms with Gasteiger partial charge in [-0.3, -0.25) is 13.9 Å². The van der Waals surface area contributed by atoms with E-state index in [9.17, 15) is 18.0 Å². The van der Waals surface area contributed by atoms with Crippen LogP contribution in [0.25, 0.3) is 0 Å². The molecule has 3 aromatic carbocycles. The first kappa shape index (κ1) is 32.1. The molecule has 8 nitrogen and oxygen atoms in total. The van der Waals surface area contributed by atoms with Crippen LogP contribution in [-0.4, -0.2) is 51.4 Å². The molecule has 1 N–H and O–H groups in total. The van der Waals surface area contributed by atoms with E-state index in [-0.39, 0.29) is 17.3 Å². The van der Waals surface area contributed by atoms with Crippen LogP contribution in [0.4, 0.5) is 5.69 Å². The van der Waals surface area contributed by atoms with Crippen molar-refractivity contribution in [1.29, 1.82) is 0 Å². The fourth-order valence-electron chi connectivity index (χ4n) is 4.30. The van der Waals surface area contributed by atoms with Gasteiger partial charge >= 0.3 is 0 Å². The summed E-state index contributed by atoms with van der Waals surface area (Å²) in [5.41, 5.74) is 3.15. The van der Waals surface area contributed by atoms with Crippen LogP contribution in [0.2, 0.25) is 0 Å². The normalized spacial score (nSPS) is 12.0. The third-order valence-corrected chi connectivity index (χ3v) is 9.13. The number of methoxy groups -OCH3 is 1. The van der Waals surface area contributed by atoms with Gasteiger partial charge < -0.3 is 15.0 Å². The van der Waals surface area contributed by atoms with E-state index in [1.165, 1.54) is 24.1 Å². The summed E-state index contributed by atoms with van der Waals surface area (Å²) in [6, 6.07) is 18.2. The highest BCUT2D eigenvalue weighted by atomic mass is 79.9. The Hall–Kier alpha value is -3.37. The van der Waals surface area contributed by atoms with Crippen LogP contribution in [0, 0.1) is 13.8 Å². The van der Waals surface area contributed by atoms with Gasteiger partial charge in [0.2, 0.25) is 11.8 Å². The van der Waals surface area contributed by atoms with Crippen molar-refractivity contribution in [3.63, 3.8) is 0 Å². The number of halogens is 1. The van der Waals surface area contributed by atoms with Crippen molar-refractivity contribution in [2.75, 3.05) is 24.5 Å². The van der Waals surface area contributed by atoms with Gasteiger partial charge in [-0.05, 0) is 79.0 Å². The summed E-state index contributed by atoms with van der Waals surface area (Å²) in [7, 11) is -2.69. The lowest BCUT2D eigenvalue weighted by Crippen LogP contribution is -2.51. The molecule has 1 atom stereocenters. The average Bonchev–Trinajstić information content (AvgIpc) is 2.94. The molecule has 2 amide bonds. The van der Waals surface area contributed by atoms with Gasteiger partial charge in [0.05, 0.1) is 22.2 Å². The summed E-state index contributed by atoms with van der Waals surface area (Å²) in [5, 5.41) is 2.90. The molecule has 3 aromatic rings. The van der Waals surface area contributed by atoms with Gasteiger partial charge in [0.1, 0.15) is 18.3 Å². The van der Waals surface area contributed by atoms with Crippen molar-refractivity contribution in [2.24, 2.45) is 0 Å². The first-order valence-corrected chi connectivity index (χ1v) is 15.8. The Kier molecular flexibility index (Phi) is 11.4. The molecule has 0 radical (unpaired) electrons. The van der Waals surface area contributed by atoms with Crippen molar-refractivity contribution in [1.82, 2.24) is 10.2 Å². The van der Waals surface area contributed by atoms with Crippen molar-refractivity contribution in [2.45, 2.75) is 58.0 Å². The zero-order valence-electron chi connectivity index (χ0n) is 24.2. The maximum absolute atomic E-state index is 14.0. The van der Waals surface area contributed by atoms with E-state index in [2.05, 4.69) is 21.2 Å². The molecule has 0 unspecified atom stereocenters. The second-order valence-corrected chi connectivity index (χ2v) is 12.7. The first-order valence-electron chi connectivity index (χ1n) is 13.5. The van der Waals surface area contributed by atoms with Crippen LogP contribution < -0.4 is 14.4 Å². The molecule has 0 spiro atoms. The molecule has 0 bridgehead atoms. The molecule has 41 heavy (non-hydrogen) atoms. The van der Waals surface area contributed by atoms with Crippen LogP contribution >= 0.6 is 15.9 Å². The maximum Gasteiger partial charge on any atom is 0.264 e. The van der Waals surface area contributed by atoms with Gasteiger partial charge in [0, 0.05) is 13.1 Å². The maximum atomic E-state index is 14.0. The van der Waals surface area contributed by atoms with E-state index in [0.717, 1.165) is 33.8 Å². The van der Waals surface area contributed by atoms with Crippen molar-refractivity contribution < 1.29 is 22.7 Å². The number of anilines is 1. The standard InChI is InChI=1S/C31H38BrN3O5S/c1-6-7-17-33-31(37)24(4)34(20-25-10-8-9-23(3)18-25)30(36)21-35(26-13-11-22(2)12-14-26)41(38,39)27-15-16-29(40-5)28(32)19-27/h8-16,18-19,24H,6-7,17,20-21H2,1-5H3,(H,33,37)/t24-/m0/s1. The van der Waals surface area contributed by atoms with Crippen molar-refractivity contribution in [3.05, 3.63) is 87.9 Å². The highest BCUT2D eigenvalue weighted by Gasteiger charge is 2.32. The first-order chi connectivity index (χ1) is 19.5. The number of nitrogens with zero attached hydrogens (tertiary/aromatic N) is 2. The summed E-state index contributed by atoms with van der Waals surface area (Å²) in [5.74, 6) is -0.307. The second kappa shape index (κ2) is 14.5. The Balaban J connectivity index is 2.02. The number of benzene rings is 3. The predicted molar refractivity (Wildman–Crippen MR) is 166 cm³/mol. The zero-order chi connectivity index (χ0) is 30.2. The lowest BCUT2D eigenvalue weighted by molar-refractivity contribution is -0.139. The Labute approximate surface area is 251 Å². The summed E-state index contributed by atoms with van der Waals surface area (Å²) >= 11 is 3.36. The molecular weight excluding hydrogens is 606 g/mol. The summed E-state index contributed by atoms with van der Waals surface area (Å²) in [6.45, 7) is 7.71. The number of hydrogen-bond donors (Lipinski definition) is 1. The van der Waals surface area contributed by atoms with E-state index >= 15 is 0 Å². The summed E-state index contributed by atoms with van der Waals surface area (Å²) < 4.78 is 34.9. The lowest BCUT2D eigenvalue weighted by atomic mass is 10.1. The van der Waals surface area contributed by atoms with Crippen LogP contribution in [0.5, 0.6) is 5.75 Å². The number of hydrogen-bond acceptors (Lipinski definition) is 5. The number of nitrogens with one attached hydrogen (secondary N) is 1. The number of sulfonamides is 1. The molecule has 0 aromatic heterocycles. The molecule has 10 heteroatoms. The topological polar surface area (TPSA) is 96.0 Å². The van der Waals surface area contributed by atoms with E-state index in [0.29, 0.717) is 22.5 Å². The number of rotatable bonds is 13. The third-order valence-electron chi connectivity index (χ3n) is 6.74. The molecule has 0 aliphatic rings. The average molecular weight is 645 g/mol. The highest BCUT2D eigenvalue weighted by Crippen LogP contribution is 2.31. The number of aryl methyl sites for hydroxylation is 2. The van der Waals surface area contributed by atoms with Gasteiger partial charge in [-0.1, -0.05) is 60.9 Å². The van der Waals surface area contributed by atoms with E-state index < -0.39 is 28.5 Å². The number of carbonyl (C=O) groups excluding carboxylic acids is 2. The number of ether oxygens (including phenoxy) is 1. The minimum Gasteiger partial charge on any atom is -0.496 e. The van der Waals surface area contributed by atoms with E-state index in [4.69, 9.17) is 4.74 Å². The van der Waals surface area contributed by atoms with Crippen LogP contribution in [0.15, 0.2) is 76.1 Å². The Morgan fingerprint density at radius 3 is 2.32 bits per heavy atom. The zero-order valence-corrected chi connectivity index (χ0v) is 26.6. The molecule has 0 heterocycles. The molecular formula is C31H38BrN3O5S. The van der Waals surface area contributed by atoms with Crippen LogP contribution in [0.3, 0.4) is 0 Å². The minimum atomic E-state index is -4.19. The number of amides is 2. The van der Waals surface area contributed by atoms with E-state index in [1.54, 1.807) is 37.3 Å². The Morgan fingerprint density at radius 1 is 1.00 bits per heavy atom. The minimum absolute atomic E-state index is 0.00542. The fourth-order valence-corrected chi connectivity index (χ4v) is 6.43. The molecule has 0 aliphatic heterocycles. The predicted octanol–water partition coefficient (Wildman–Crippen LogP) is 5.60. The van der Waals surface area contributed by atoms with Crippen molar-refractivity contribution in [3.8, 4) is 5.75 Å². The van der Waals surface area contributed by atoms with E-state index in [1.807, 2.05) is 45.0 Å². The highest BCUT2D eigenvalue weighted by molar-refractivity contribution is 9.10. The van der Waals surface area contributed by atoms with Gasteiger partial charge in [0.25, 0.3) is 10.0 Å². The lowest BCUT2D eigenvalue weighted by Gasteiger charge is -2.32. The van der Waals surface area contributed by atoms with Crippen molar-refractivity contribution >= 4 is 43.5 Å². The third kappa shape index (κ3) is 8.33. The Bertz CT molecular complexity index is 1460. The molecule has 0 saturated carbocycles. The molecule has 0 aliphatic carbocycles. The summed E-state index contributed by atoms with van der Waals surface area (Å²) in [6.07, 6.45) is 1.74. The smallest absolute Gasteiger partial charge is 0.264 e. The van der Waals surface area contributed by atoms with Crippen LogP contribution in [-0.2, 0) is 26.2 Å². The number of carbonyl (C=O) groups is 2. The fraction of sp³-hybridized carbons (Fsp3) is 0.355. The second-order valence-electron chi connectivity index (χ2n) is 9.97.